The summed E-state index contributed by atoms with van der Waals surface area (Å²) in [6.45, 7) is 2.64. The third kappa shape index (κ3) is 15.4. The van der Waals surface area contributed by atoms with Gasteiger partial charge in [-0.2, -0.15) is 18.9 Å². The summed E-state index contributed by atoms with van der Waals surface area (Å²) in [4.78, 5) is 84.7. The first-order chi connectivity index (χ1) is 30.2. The third-order valence-corrected chi connectivity index (χ3v) is 12.9. The lowest BCUT2D eigenvalue weighted by molar-refractivity contribution is -0.121. The van der Waals surface area contributed by atoms with Crippen molar-refractivity contribution in [3.63, 3.8) is 0 Å². The molecule has 26 heteroatoms. The lowest BCUT2D eigenvalue weighted by Crippen LogP contribution is -2.36. The zero-order valence-electron chi connectivity index (χ0n) is 34.1. The second-order valence-electron chi connectivity index (χ2n) is 14.2. The molecule has 23 nitrogen and oxygen atoms in total. The van der Waals surface area contributed by atoms with E-state index in [0.29, 0.717) is 36.0 Å². The van der Waals surface area contributed by atoms with Crippen LogP contribution in [-0.2, 0) is 42.9 Å². The minimum absolute atomic E-state index is 0.0249. The molecule has 2 aromatic heterocycles. The number of aryl methyl sites for hydroxylation is 2. The minimum Gasteiger partial charge on any atom is -0.438 e. The number of aromatic nitrogens is 4. The average molecular weight is 948 g/mol. The molecular formula is C38H44N7O16P3. The summed E-state index contributed by atoms with van der Waals surface area (Å²) in [5.74, 6) is 7.40. The van der Waals surface area contributed by atoms with Gasteiger partial charge in [-0.15, -0.1) is 0 Å². The molecule has 1 saturated heterocycles. The van der Waals surface area contributed by atoms with Gasteiger partial charge in [-0.25, -0.2) is 23.5 Å². The summed E-state index contributed by atoms with van der Waals surface area (Å²) in [7, 11) is -16.9. The fourth-order valence-electron chi connectivity index (χ4n) is 6.18. The van der Waals surface area contributed by atoms with Crippen molar-refractivity contribution in [3.05, 3.63) is 104 Å². The third-order valence-electron chi connectivity index (χ3n) is 9.11. The van der Waals surface area contributed by atoms with Crippen LogP contribution in [0.4, 0.5) is 11.6 Å². The molecule has 3 heterocycles. The Balaban J connectivity index is 1.01. The minimum atomic E-state index is -5.77. The van der Waals surface area contributed by atoms with E-state index in [-0.39, 0.29) is 30.9 Å². The number of nitrogens with zero attached hydrogens (tertiary/aromatic N) is 4. The number of benzene rings is 2. The average Bonchev–Trinajstić information content (AvgIpc) is 3.57. The summed E-state index contributed by atoms with van der Waals surface area (Å²) >= 11 is 0. The standard InChI is InChI=1S/C38H44N7O16P3/c1-24-17-27(18-25(2)35(24)59-33-15-16-40-37(43-33)42-29-13-11-26(20-39)12-14-29)9-7-5-3-4-6-8-10-32(47)41-21-28-22-45(38(49)44-36(28)48)34-19-30(46)31(58-34)23-57-63(53,54)61-64(55,56)60-62(50,51)52/h11-18,22,30-31,34,46H,3-6,8,10,19,21,23H2,1-2H3,(H,41,47)(H,53,54)(H,55,56)(H,40,42,43)(H,44,48,49)(H2,50,51,52)/t30-,31+,34?/m0/s1. The highest BCUT2D eigenvalue weighted by Crippen LogP contribution is 2.66. The molecule has 1 aliphatic rings. The van der Waals surface area contributed by atoms with Crippen molar-refractivity contribution in [1.82, 2.24) is 24.8 Å². The molecule has 64 heavy (non-hydrogen) atoms. The number of nitriles is 1. The number of unbranched alkanes of at least 4 members (excludes halogenated alkanes) is 4. The number of ether oxygens (including phenoxy) is 2. The fraction of sp³-hybridized carbons (Fsp3) is 0.368. The Bertz CT molecular complexity index is 2670. The highest BCUT2D eigenvalue weighted by molar-refractivity contribution is 7.66. The van der Waals surface area contributed by atoms with E-state index in [1.54, 1.807) is 36.5 Å². The van der Waals surface area contributed by atoms with Gasteiger partial charge < -0.3 is 44.8 Å². The van der Waals surface area contributed by atoms with E-state index in [4.69, 9.17) is 24.5 Å². The molecule has 342 valence electrons. The van der Waals surface area contributed by atoms with Crippen LogP contribution in [0.25, 0.3) is 0 Å². The Morgan fingerprint density at radius 2 is 1.69 bits per heavy atom. The van der Waals surface area contributed by atoms with Crippen LogP contribution < -0.4 is 26.6 Å². The van der Waals surface area contributed by atoms with Gasteiger partial charge in [-0.3, -0.25) is 23.7 Å². The molecule has 1 fully saturated rings. The Hall–Kier alpha value is -5.35. The number of hydrogen-bond donors (Lipinski definition) is 8. The maximum atomic E-state index is 12.6. The number of amides is 1. The molecule has 0 bridgehead atoms. The lowest BCUT2D eigenvalue weighted by Gasteiger charge is -2.19. The van der Waals surface area contributed by atoms with E-state index in [2.05, 4.69) is 56.6 Å². The second-order valence-corrected chi connectivity index (χ2v) is 18.6. The number of phosphoric ester groups is 1. The van der Waals surface area contributed by atoms with E-state index < -0.39 is 59.8 Å². The first kappa shape index (κ1) is 49.7. The van der Waals surface area contributed by atoms with E-state index in [1.807, 2.05) is 26.0 Å². The summed E-state index contributed by atoms with van der Waals surface area (Å²) in [6.07, 6.45) is 2.11. The number of H-pyrrole nitrogens is 1. The lowest BCUT2D eigenvalue weighted by atomic mass is 10.1. The van der Waals surface area contributed by atoms with Crippen LogP contribution in [0.5, 0.6) is 11.6 Å². The van der Waals surface area contributed by atoms with E-state index in [9.17, 15) is 43.0 Å². The SMILES string of the molecule is Cc1cc(C#CCCCCCCC(=O)NCc2cn(C3C[C@H](O)[C@@H](COP(=O)(O)OP(=O)(O)OP(=O)(O)O)O3)c(=O)[nH]c2=O)cc(C)c1Oc1ccnc(Nc2ccc(C#N)cc2)n1. The maximum Gasteiger partial charge on any atom is 0.490 e. The van der Waals surface area contributed by atoms with E-state index >= 15 is 0 Å². The van der Waals surface area contributed by atoms with Crippen LogP contribution in [0.15, 0.2) is 64.4 Å². The van der Waals surface area contributed by atoms with Crippen molar-refractivity contribution in [2.24, 2.45) is 0 Å². The van der Waals surface area contributed by atoms with Crippen molar-refractivity contribution in [2.75, 3.05) is 11.9 Å². The fourth-order valence-corrected chi connectivity index (χ4v) is 9.21. The van der Waals surface area contributed by atoms with Crippen molar-refractivity contribution in [3.8, 4) is 29.5 Å². The Kier molecular flexibility index (Phi) is 17.1. The molecule has 0 aliphatic carbocycles. The first-order valence-corrected chi connectivity index (χ1v) is 23.8. The number of hydrogen-bond acceptors (Lipinski definition) is 16. The molecule has 0 radical (unpaired) electrons. The summed E-state index contributed by atoms with van der Waals surface area (Å²) in [5, 5.41) is 25.1. The normalized spacial score (nSPS) is 17.9. The van der Waals surface area contributed by atoms with Gasteiger partial charge in [0.05, 0.1) is 29.9 Å². The van der Waals surface area contributed by atoms with Crippen molar-refractivity contribution >= 4 is 41.0 Å². The second kappa shape index (κ2) is 22.0. The molecule has 3 unspecified atom stereocenters. The van der Waals surface area contributed by atoms with Crippen molar-refractivity contribution in [1.29, 1.82) is 5.26 Å². The number of aliphatic hydroxyl groups excluding tert-OH is 1. The molecule has 5 atom stereocenters. The number of phosphoric acid groups is 3. The van der Waals surface area contributed by atoms with Gasteiger partial charge in [-0.1, -0.05) is 24.7 Å². The number of carbonyl (C=O) groups excluding carboxylic acids is 1. The van der Waals surface area contributed by atoms with Gasteiger partial charge in [0.2, 0.25) is 17.7 Å². The molecule has 8 N–H and O–H groups in total. The smallest absolute Gasteiger partial charge is 0.438 e. The van der Waals surface area contributed by atoms with Crippen molar-refractivity contribution < 1.29 is 65.8 Å². The summed E-state index contributed by atoms with van der Waals surface area (Å²) < 4.78 is 58.7. The van der Waals surface area contributed by atoms with Gasteiger partial charge in [0.15, 0.2) is 0 Å². The summed E-state index contributed by atoms with van der Waals surface area (Å²) in [5.41, 5.74) is 2.11. The van der Waals surface area contributed by atoms with Crippen LogP contribution in [0.2, 0.25) is 0 Å². The molecule has 1 aliphatic heterocycles. The Labute approximate surface area is 364 Å². The molecular weight excluding hydrogens is 903 g/mol. The van der Waals surface area contributed by atoms with Gasteiger partial charge in [0.25, 0.3) is 5.56 Å². The largest absolute Gasteiger partial charge is 0.490 e. The predicted molar refractivity (Wildman–Crippen MR) is 225 cm³/mol. The zero-order valence-corrected chi connectivity index (χ0v) is 36.8. The molecule has 1 amide bonds. The highest BCUT2D eigenvalue weighted by Gasteiger charge is 2.43. The molecule has 4 aromatic rings. The molecule has 0 saturated carbocycles. The number of nitrogens with one attached hydrogen (secondary N) is 3. The van der Waals surface area contributed by atoms with Crippen molar-refractivity contribution in [2.45, 2.75) is 83.8 Å². The maximum absolute atomic E-state index is 12.6. The zero-order chi connectivity index (χ0) is 46.7. The van der Waals surface area contributed by atoms with Crippen LogP contribution in [-0.4, -0.2) is 68.9 Å². The number of aliphatic hydroxyl groups is 1. The Morgan fingerprint density at radius 3 is 2.38 bits per heavy atom. The number of carbonyl (C=O) groups is 1. The van der Waals surface area contributed by atoms with Crippen LogP contribution in [0.3, 0.4) is 0 Å². The quantitative estimate of drug-likeness (QED) is 0.0347. The highest BCUT2D eigenvalue weighted by atomic mass is 31.3. The van der Waals surface area contributed by atoms with Gasteiger partial charge >= 0.3 is 29.2 Å². The monoisotopic (exact) mass is 947 g/mol. The molecule has 0 spiro atoms. The van der Waals surface area contributed by atoms with Gasteiger partial charge in [0.1, 0.15) is 18.1 Å². The number of aromatic amines is 1. The van der Waals surface area contributed by atoms with Crippen LogP contribution >= 0.6 is 23.5 Å². The predicted octanol–water partition coefficient (Wildman–Crippen LogP) is 4.35. The molecule has 5 rings (SSSR count). The first-order valence-electron chi connectivity index (χ1n) is 19.3. The van der Waals surface area contributed by atoms with Gasteiger partial charge in [0, 0.05) is 55.5 Å². The summed E-state index contributed by atoms with van der Waals surface area (Å²) in [6, 6.07) is 14.5. The van der Waals surface area contributed by atoms with E-state index in [0.717, 1.165) is 52.4 Å². The van der Waals surface area contributed by atoms with Crippen LogP contribution in [0.1, 0.15) is 79.0 Å². The number of anilines is 2. The Morgan fingerprint density at radius 1 is 0.984 bits per heavy atom. The van der Waals surface area contributed by atoms with Gasteiger partial charge in [-0.05, 0) is 74.2 Å². The number of rotatable bonds is 20. The topological polar surface area (TPSA) is 344 Å². The van der Waals surface area contributed by atoms with Crippen LogP contribution in [0, 0.1) is 37.0 Å². The van der Waals surface area contributed by atoms with E-state index in [1.165, 1.54) is 0 Å². The molecule has 2 aromatic carbocycles.